The molecule has 0 aliphatic heterocycles. The Hall–Kier alpha value is -3.53. The van der Waals surface area contributed by atoms with Gasteiger partial charge in [-0.1, -0.05) is 69.0 Å². The molecule has 4 heteroatoms. The lowest BCUT2D eigenvalue weighted by Gasteiger charge is -2.13. The van der Waals surface area contributed by atoms with E-state index in [1.54, 1.807) is 30.3 Å². The maximum atomic E-state index is 14.3. The summed E-state index contributed by atoms with van der Waals surface area (Å²) in [5.74, 6) is -1.61. The van der Waals surface area contributed by atoms with Crippen LogP contribution in [-0.2, 0) is 6.42 Å². The third kappa shape index (κ3) is 4.54. The van der Waals surface area contributed by atoms with Crippen LogP contribution in [0.15, 0.2) is 85.7 Å². The van der Waals surface area contributed by atoms with E-state index in [9.17, 15) is 13.6 Å². The first-order valence-electron chi connectivity index (χ1n) is 9.75. The van der Waals surface area contributed by atoms with Crippen LogP contribution in [0, 0.1) is 5.82 Å². The summed E-state index contributed by atoms with van der Waals surface area (Å²) in [7, 11) is 0. The Balaban J connectivity index is 2.09. The van der Waals surface area contributed by atoms with E-state index < -0.39 is 17.6 Å². The van der Waals surface area contributed by atoms with E-state index in [2.05, 4.69) is 18.5 Å². The molecular formula is C26H23F2NO. The molecule has 3 aromatic rings. The number of halogens is 2. The number of fused-ring (bicyclic) bond motifs is 1. The summed E-state index contributed by atoms with van der Waals surface area (Å²) in [5, 5.41) is 4.12. The summed E-state index contributed by atoms with van der Waals surface area (Å²) in [6.45, 7) is 9.02. The van der Waals surface area contributed by atoms with Crippen molar-refractivity contribution in [2.45, 2.75) is 19.8 Å². The third-order valence-corrected chi connectivity index (χ3v) is 4.81. The molecule has 2 nitrogen and oxygen atoms in total. The van der Waals surface area contributed by atoms with Gasteiger partial charge < -0.3 is 5.32 Å². The lowest BCUT2D eigenvalue weighted by molar-refractivity contribution is 0.102. The summed E-state index contributed by atoms with van der Waals surface area (Å²) in [5.41, 5.74) is 2.11. The number of carbonyl (C=O) groups excluding carboxylic acids is 1. The Morgan fingerprint density at radius 2 is 1.90 bits per heavy atom. The first-order valence-corrected chi connectivity index (χ1v) is 9.75. The van der Waals surface area contributed by atoms with Crippen molar-refractivity contribution < 1.29 is 13.6 Å². The van der Waals surface area contributed by atoms with E-state index in [-0.39, 0.29) is 11.3 Å². The molecule has 3 rings (SSSR count). The quantitative estimate of drug-likeness (QED) is 0.414. The van der Waals surface area contributed by atoms with Crippen molar-refractivity contribution in [2.24, 2.45) is 0 Å². The number of amides is 1. The van der Waals surface area contributed by atoms with E-state index in [4.69, 9.17) is 0 Å². The summed E-state index contributed by atoms with van der Waals surface area (Å²) in [4.78, 5) is 13.1. The minimum absolute atomic E-state index is 0.122. The molecule has 0 unspecified atom stereocenters. The Bertz CT molecular complexity index is 1160. The molecular weight excluding hydrogens is 380 g/mol. The van der Waals surface area contributed by atoms with E-state index in [1.807, 2.05) is 25.1 Å². The van der Waals surface area contributed by atoms with Gasteiger partial charge in [-0.15, -0.1) is 0 Å². The molecule has 0 bridgehead atoms. The van der Waals surface area contributed by atoms with E-state index in [1.165, 1.54) is 18.2 Å². The zero-order valence-electron chi connectivity index (χ0n) is 16.8. The van der Waals surface area contributed by atoms with Crippen LogP contribution < -0.4 is 5.32 Å². The van der Waals surface area contributed by atoms with Gasteiger partial charge in [0.15, 0.2) is 0 Å². The maximum absolute atomic E-state index is 14.3. The lowest BCUT2D eigenvalue weighted by atomic mass is 9.95. The fraction of sp³-hybridized carbons (Fsp3) is 0.115. The second-order valence-electron chi connectivity index (χ2n) is 6.98. The van der Waals surface area contributed by atoms with Crippen LogP contribution in [0.5, 0.6) is 0 Å². The number of benzene rings is 3. The summed E-state index contributed by atoms with van der Waals surface area (Å²) < 4.78 is 28.3. The number of allylic oxidation sites excluding steroid dienone is 4. The zero-order valence-corrected chi connectivity index (χ0v) is 16.8. The Morgan fingerprint density at radius 3 is 2.60 bits per heavy atom. The van der Waals surface area contributed by atoms with Crippen LogP contribution in [0.25, 0.3) is 16.3 Å². The highest BCUT2D eigenvalue weighted by Crippen LogP contribution is 2.30. The standard InChI is InChI=1S/C26H23F2NO/c1-4-8-18-12-13-24(28)25(14-18)29-26(30)23-16-20(21(9-5-2)17(3)27)15-19-10-6-7-11-22(19)23/h5-7,9-16H,2-4,8H2,1H3,(H,29,30)/b21-9+. The van der Waals surface area contributed by atoms with Gasteiger partial charge in [0.1, 0.15) is 11.6 Å². The van der Waals surface area contributed by atoms with Gasteiger partial charge in [-0.3, -0.25) is 4.79 Å². The monoisotopic (exact) mass is 403 g/mol. The normalized spacial score (nSPS) is 11.4. The minimum Gasteiger partial charge on any atom is -0.319 e. The average Bonchev–Trinajstić information content (AvgIpc) is 2.73. The van der Waals surface area contributed by atoms with Crippen LogP contribution in [0.3, 0.4) is 0 Å². The molecule has 0 heterocycles. The number of aryl methyl sites for hydroxylation is 1. The first-order chi connectivity index (χ1) is 14.4. The SMILES string of the molecule is C=C/C=C(\C(=C)F)c1cc(C(=O)Nc2cc(CCC)ccc2F)c2ccccc2c1. The van der Waals surface area contributed by atoms with Gasteiger partial charge in [-0.2, -0.15) is 0 Å². The number of hydrogen-bond donors (Lipinski definition) is 1. The Labute approximate surface area is 175 Å². The van der Waals surface area contributed by atoms with Gasteiger partial charge in [-0.25, -0.2) is 8.78 Å². The average molecular weight is 403 g/mol. The molecule has 1 N–H and O–H groups in total. The van der Waals surface area contributed by atoms with Crippen LogP contribution in [0.4, 0.5) is 14.5 Å². The van der Waals surface area contributed by atoms with Crippen LogP contribution >= 0.6 is 0 Å². The molecule has 30 heavy (non-hydrogen) atoms. The first kappa shape index (κ1) is 21.2. The third-order valence-electron chi connectivity index (χ3n) is 4.81. The molecule has 0 spiro atoms. The van der Waals surface area contributed by atoms with E-state index in [0.29, 0.717) is 16.5 Å². The van der Waals surface area contributed by atoms with Gasteiger partial charge in [0.05, 0.1) is 5.69 Å². The summed E-state index contributed by atoms with van der Waals surface area (Å²) in [6.07, 6.45) is 4.67. The van der Waals surface area contributed by atoms with Crippen LogP contribution in [0.1, 0.15) is 34.8 Å². The van der Waals surface area contributed by atoms with Crippen molar-refractivity contribution in [3.8, 4) is 0 Å². The van der Waals surface area contributed by atoms with Gasteiger partial charge >= 0.3 is 0 Å². The van der Waals surface area contributed by atoms with Crippen molar-refractivity contribution in [3.05, 3.63) is 108 Å². The number of anilines is 1. The highest BCUT2D eigenvalue weighted by atomic mass is 19.1. The van der Waals surface area contributed by atoms with Gasteiger partial charge in [0.2, 0.25) is 0 Å². The molecule has 0 saturated heterocycles. The fourth-order valence-electron chi connectivity index (χ4n) is 3.42. The minimum atomic E-state index is -0.630. The molecule has 3 aromatic carbocycles. The van der Waals surface area contributed by atoms with E-state index >= 15 is 0 Å². The topological polar surface area (TPSA) is 29.1 Å². The molecule has 0 fully saturated rings. The van der Waals surface area contributed by atoms with Crippen molar-refractivity contribution in [2.75, 3.05) is 5.32 Å². The maximum Gasteiger partial charge on any atom is 0.256 e. The van der Waals surface area contributed by atoms with Crippen LogP contribution in [-0.4, -0.2) is 5.91 Å². The van der Waals surface area contributed by atoms with Gasteiger partial charge in [0.25, 0.3) is 5.91 Å². The smallest absolute Gasteiger partial charge is 0.256 e. The summed E-state index contributed by atoms with van der Waals surface area (Å²) >= 11 is 0. The van der Waals surface area contributed by atoms with E-state index in [0.717, 1.165) is 23.8 Å². The van der Waals surface area contributed by atoms with Crippen molar-refractivity contribution in [3.63, 3.8) is 0 Å². The second-order valence-corrected chi connectivity index (χ2v) is 6.98. The molecule has 0 saturated carbocycles. The predicted octanol–water partition coefficient (Wildman–Crippen LogP) is 7.24. The summed E-state index contributed by atoms with van der Waals surface area (Å²) in [6, 6.07) is 15.4. The fourth-order valence-corrected chi connectivity index (χ4v) is 3.42. The largest absolute Gasteiger partial charge is 0.319 e. The Morgan fingerprint density at radius 1 is 1.13 bits per heavy atom. The predicted molar refractivity (Wildman–Crippen MR) is 121 cm³/mol. The van der Waals surface area contributed by atoms with Crippen molar-refractivity contribution in [1.82, 2.24) is 0 Å². The molecule has 0 radical (unpaired) electrons. The molecule has 0 atom stereocenters. The lowest BCUT2D eigenvalue weighted by Crippen LogP contribution is -2.14. The number of nitrogens with one attached hydrogen (secondary N) is 1. The van der Waals surface area contributed by atoms with Gasteiger partial charge in [0, 0.05) is 11.1 Å². The molecule has 0 aliphatic carbocycles. The molecule has 0 aliphatic rings. The number of carbonyl (C=O) groups is 1. The molecule has 0 aromatic heterocycles. The van der Waals surface area contributed by atoms with Crippen LogP contribution in [0.2, 0.25) is 0 Å². The zero-order chi connectivity index (χ0) is 21.7. The number of rotatable bonds is 7. The second kappa shape index (κ2) is 9.31. The van der Waals surface area contributed by atoms with Crippen molar-refractivity contribution >= 4 is 27.9 Å². The van der Waals surface area contributed by atoms with Gasteiger partial charge in [-0.05, 0) is 52.6 Å². The molecule has 152 valence electrons. The number of hydrogen-bond acceptors (Lipinski definition) is 1. The Kier molecular flexibility index (Phi) is 6.58. The molecule has 1 amide bonds. The highest BCUT2D eigenvalue weighted by Gasteiger charge is 2.16. The van der Waals surface area contributed by atoms with Crippen molar-refractivity contribution in [1.29, 1.82) is 0 Å². The highest BCUT2D eigenvalue weighted by molar-refractivity contribution is 6.14.